The first kappa shape index (κ1) is 14.7. The molecule has 0 aliphatic heterocycles. The molecular weight excluding hydrogens is 274 g/mol. The Labute approximate surface area is 122 Å². The monoisotopic (exact) mass is 293 g/mol. The summed E-state index contributed by atoms with van der Waals surface area (Å²) in [6.45, 7) is 4.98. The van der Waals surface area contributed by atoms with Crippen molar-refractivity contribution < 1.29 is 9.53 Å². The first-order chi connectivity index (χ1) is 9.60. The minimum atomic E-state index is -0.768. The maximum atomic E-state index is 12.0. The van der Waals surface area contributed by atoms with E-state index in [1.807, 2.05) is 42.1 Å². The van der Waals surface area contributed by atoms with Crippen LogP contribution in [0.5, 0.6) is 0 Å². The van der Waals surface area contributed by atoms with Crippen LogP contribution in [0, 0.1) is 0 Å². The smallest absolute Gasteiger partial charge is 0.327 e. The van der Waals surface area contributed by atoms with Gasteiger partial charge in [0.05, 0.1) is 18.5 Å². The number of imidazole rings is 1. The number of carbonyl (C=O) groups is 1. The molecule has 20 heavy (non-hydrogen) atoms. The second-order valence-electron chi connectivity index (χ2n) is 4.71. The molecule has 0 spiro atoms. The Bertz CT molecular complexity index is 565. The molecular formula is C14H19N3O2S. The summed E-state index contributed by atoms with van der Waals surface area (Å²) in [5.41, 5.74) is -0.768. The van der Waals surface area contributed by atoms with Crippen molar-refractivity contribution in [2.45, 2.75) is 25.9 Å². The van der Waals surface area contributed by atoms with E-state index in [0.29, 0.717) is 13.1 Å². The Balaban J connectivity index is 2.28. The van der Waals surface area contributed by atoms with Gasteiger partial charge < -0.3 is 14.6 Å². The zero-order valence-corrected chi connectivity index (χ0v) is 12.7. The third kappa shape index (κ3) is 2.91. The van der Waals surface area contributed by atoms with Gasteiger partial charge in [-0.3, -0.25) is 0 Å². The molecule has 2 aromatic heterocycles. The number of methoxy groups -OCH3 is 1. The number of nitrogens with zero attached hydrogens (tertiary/aromatic N) is 2. The molecule has 0 bridgehead atoms. The molecule has 2 aromatic rings. The Morgan fingerprint density at radius 3 is 3.00 bits per heavy atom. The third-order valence-electron chi connectivity index (χ3n) is 3.15. The Morgan fingerprint density at radius 1 is 1.60 bits per heavy atom. The van der Waals surface area contributed by atoms with E-state index in [4.69, 9.17) is 4.74 Å². The Morgan fingerprint density at radius 2 is 2.40 bits per heavy atom. The van der Waals surface area contributed by atoms with Gasteiger partial charge in [-0.25, -0.2) is 9.78 Å². The summed E-state index contributed by atoms with van der Waals surface area (Å²) in [6, 6.07) is 4.01. The summed E-state index contributed by atoms with van der Waals surface area (Å²) in [5.74, 6) is 0.596. The summed E-state index contributed by atoms with van der Waals surface area (Å²) in [4.78, 5) is 17.5. The molecule has 108 valence electrons. The summed E-state index contributed by atoms with van der Waals surface area (Å²) >= 11 is 1.63. The van der Waals surface area contributed by atoms with Gasteiger partial charge in [0.25, 0.3) is 0 Å². The lowest BCUT2D eigenvalue weighted by Gasteiger charge is -2.28. The molecule has 2 heterocycles. The van der Waals surface area contributed by atoms with Crippen molar-refractivity contribution in [2.24, 2.45) is 0 Å². The van der Waals surface area contributed by atoms with Crippen LogP contribution in [0.25, 0.3) is 10.7 Å². The number of hydrogen-bond donors (Lipinski definition) is 1. The highest BCUT2D eigenvalue weighted by Gasteiger charge is 2.34. The Kier molecular flexibility index (Phi) is 4.57. The lowest BCUT2D eigenvalue weighted by Crippen LogP contribution is -2.53. The average Bonchev–Trinajstić information content (AvgIpc) is 3.08. The second-order valence-corrected chi connectivity index (χ2v) is 5.66. The fourth-order valence-electron chi connectivity index (χ4n) is 2.22. The van der Waals surface area contributed by atoms with E-state index in [2.05, 4.69) is 10.3 Å². The maximum Gasteiger partial charge on any atom is 0.327 e. The summed E-state index contributed by atoms with van der Waals surface area (Å²) in [6.07, 6.45) is 3.63. The van der Waals surface area contributed by atoms with Crippen LogP contribution in [-0.2, 0) is 16.1 Å². The summed E-state index contributed by atoms with van der Waals surface area (Å²) < 4.78 is 6.89. The van der Waals surface area contributed by atoms with E-state index in [9.17, 15) is 4.79 Å². The molecule has 0 fully saturated rings. The molecule has 0 radical (unpaired) electrons. The molecule has 1 N–H and O–H groups in total. The number of carbonyl (C=O) groups excluding carboxylic acids is 1. The number of thiophene rings is 1. The molecule has 0 saturated carbocycles. The fraction of sp³-hybridized carbons (Fsp3) is 0.429. The van der Waals surface area contributed by atoms with Crippen LogP contribution in [-0.4, -0.2) is 34.7 Å². The molecule has 0 aromatic carbocycles. The van der Waals surface area contributed by atoms with Gasteiger partial charge in [0.2, 0.25) is 0 Å². The summed E-state index contributed by atoms with van der Waals surface area (Å²) in [5, 5.41) is 5.21. The van der Waals surface area contributed by atoms with Crippen LogP contribution in [0.4, 0.5) is 0 Å². The Hall–Kier alpha value is -1.66. The van der Waals surface area contributed by atoms with Gasteiger partial charge in [-0.05, 0) is 24.9 Å². The van der Waals surface area contributed by atoms with Crippen molar-refractivity contribution in [2.75, 3.05) is 13.7 Å². The van der Waals surface area contributed by atoms with E-state index >= 15 is 0 Å². The highest BCUT2D eigenvalue weighted by Crippen LogP contribution is 2.24. The highest BCUT2D eigenvalue weighted by molar-refractivity contribution is 7.13. The van der Waals surface area contributed by atoms with Gasteiger partial charge in [0.1, 0.15) is 11.4 Å². The van der Waals surface area contributed by atoms with Crippen LogP contribution < -0.4 is 5.32 Å². The molecule has 6 heteroatoms. The van der Waals surface area contributed by atoms with Crippen LogP contribution in [0.3, 0.4) is 0 Å². The predicted molar refractivity (Wildman–Crippen MR) is 79.6 cm³/mol. The lowest BCUT2D eigenvalue weighted by molar-refractivity contribution is -0.148. The lowest BCUT2D eigenvalue weighted by atomic mass is 10.0. The van der Waals surface area contributed by atoms with E-state index in [1.165, 1.54) is 7.11 Å². The number of likely N-dealkylation sites (N-methyl/N-ethyl adjacent to an activating group) is 1. The SMILES string of the molecule is CCNC(C)(Cn1ccnc1-c1cccs1)C(=O)OC. The van der Waals surface area contributed by atoms with E-state index in [-0.39, 0.29) is 5.97 Å². The first-order valence-corrected chi connectivity index (χ1v) is 7.37. The van der Waals surface area contributed by atoms with E-state index in [1.54, 1.807) is 17.5 Å². The van der Waals surface area contributed by atoms with E-state index in [0.717, 1.165) is 10.7 Å². The molecule has 0 saturated heterocycles. The standard InChI is InChI=1S/C14H19N3O2S/c1-4-16-14(2,13(18)19-3)10-17-8-7-15-12(17)11-6-5-9-20-11/h5-9,16H,4,10H2,1-3H3. The number of rotatable bonds is 6. The number of aromatic nitrogens is 2. The zero-order valence-electron chi connectivity index (χ0n) is 11.9. The molecule has 0 aliphatic rings. The average molecular weight is 293 g/mol. The minimum Gasteiger partial charge on any atom is -0.468 e. The predicted octanol–water partition coefficient (Wildman–Crippen LogP) is 2.15. The maximum absolute atomic E-state index is 12.0. The van der Waals surface area contributed by atoms with Gasteiger partial charge in [-0.2, -0.15) is 0 Å². The van der Waals surface area contributed by atoms with Gasteiger partial charge in [0, 0.05) is 12.4 Å². The second kappa shape index (κ2) is 6.19. The van der Waals surface area contributed by atoms with Crippen molar-refractivity contribution in [1.82, 2.24) is 14.9 Å². The first-order valence-electron chi connectivity index (χ1n) is 6.49. The minimum absolute atomic E-state index is 0.273. The number of esters is 1. The molecule has 0 aliphatic carbocycles. The number of hydrogen-bond acceptors (Lipinski definition) is 5. The van der Waals surface area contributed by atoms with Crippen LogP contribution in [0.1, 0.15) is 13.8 Å². The molecule has 0 amide bonds. The van der Waals surface area contributed by atoms with Crippen LogP contribution in [0.2, 0.25) is 0 Å². The normalized spacial score (nSPS) is 13.9. The van der Waals surface area contributed by atoms with Crippen molar-refractivity contribution in [1.29, 1.82) is 0 Å². The quantitative estimate of drug-likeness (QED) is 0.829. The van der Waals surface area contributed by atoms with Gasteiger partial charge in [-0.15, -0.1) is 11.3 Å². The van der Waals surface area contributed by atoms with Gasteiger partial charge in [-0.1, -0.05) is 13.0 Å². The van der Waals surface area contributed by atoms with E-state index < -0.39 is 5.54 Å². The van der Waals surface area contributed by atoms with Crippen LogP contribution >= 0.6 is 11.3 Å². The number of ether oxygens (including phenoxy) is 1. The van der Waals surface area contributed by atoms with Gasteiger partial charge >= 0.3 is 5.97 Å². The van der Waals surface area contributed by atoms with Crippen molar-refractivity contribution >= 4 is 17.3 Å². The van der Waals surface area contributed by atoms with Crippen molar-refractivity contribution in [3.63, 3.8) is 0 Å². The van der Waals surface area contributed by atoms with Gasteiger partial charge in [0.15, 0.2) is 0 Å². The third-order valence-corrected chi connectivity index (χ3v) is 4.01. The molecule has 1 atom stereocenters. The van der Waals surface area contributed by atoms with Crippen LogP contribution in [0.15, 0.2) is 29.9 Å². The zero-order chi connectivity index (χ0) is 14.6. The highest BCUT2D eigenvalue weighted by atomic mass is 32.1. The topological polar surface area (TPSA) is 56.2 Å². The fourth-order valence-corrected chi connectivity index (χ4v) is 2.95. The van der Waals surface area contributed by atoms with Crippen molar-refractivity contribution in [3.05, 3.63) is 29.9 Å². The summed E-state index contributed by atoms with van der Waals surface area (Å²) in [7, 11) is 1.41. The van der Waals surface area contributed by atoms with Crippen molar-refractivity contribution in [3.8, 4) is 10.7 Å². The molecule has 5 nitrogen and oxygen atoms in total. The molecule has 1 unspecified atom stereocenters. The largest absolute Gasteiger partial charge is 0.468 e. The molecule has 2 rings (SSSR count). The number of nitrogens with one attached hydrogen (secondary N) is 1.